The lowest BCUT2D eigenvalue weighted by atomic mass is 10.1. The number of nitrogens with one attached hydrogen (secondary N) is 1. The molecule has 4 rings (SSSR count). The second kappa shape index (κ2) is 5.65. The van der Waals surface area contributed by atoms with Gasteiger partial charge in [0.15, 0.2) is 0 Å². The highest BCUT2D eigenvalue weighted by atomic mass is 16.2. The summed E-state index contributed by atoms with van der Waals surface area (Å²) in [6.07, 6.45) is 8.98. The van der Waals surface area contributed by atoms with E-state index in [9.17, 15) is 9.59 Å². The quantitative estimate of drug-likeness (QED) is 0.918. The lowest BCUT2D eigenvalue weighted by molar-refractivity contribution is -0.136. The fourth-order valence-electron chi connectivity index (χ4n) is 3.94. The molecule has 6 heteroatoms. The predicted octanol–water partition coefficient (Wildman–Crippen LogP) is 1.48. The molecule has 3 aliphatic rings. The van der Waals surface area contributed by atoms with Gasteiger partial charge in [0.1, 0.15) is 6.04 Å². The Morgan fingerprint density at radius 1 is 1.30 bits per heavy atom. The molecule has 0 aromatic carbocycles. The zero-order valence-corrected chi connectivity index (χ0v) is 13.6. The Kier molecular flexibility index (Phi) is 3.62. The van der Waals surface area contributed by atoms with Crippen LogP contribution in [0.25, 0.3) is 0 Å². The lowest BCUT2D eigenvalue weighted by Crippen LogP contribution is -2.48. The van der Waals surface area contributed by atoms with Crippen molar-refractivity contribution in [3.05, 3.63) is 18.2 Å². The van der Waals surface area contributed by atoms with Crippen molar-refractivity contribution in [2.75, 3.05) is 6.54 Å². The van der Waals surface area contributed by atoms with Gasteiger partial charge in [-0.3, -0.25) is 9.59 Å². The summed E-state index contributed by atoms with van der Waals surface area (Å²) in [5.74, 6) is 0.865. The van der Waals surface area contributed by atoms with Crippen molar-refractivity contribution in [1.29, 1.82) is 0 Å². The molecule has 0 radical (unpaired) electrons. The molecule has 1 aromatic rings. The standard InChI is InChI=1S/C17H24N4O2/c1-11-6-14(11)17(23)20-8-13-7-18-10-21(13)15(9-20)16(22)19-12-4-2-3-5-12/h7,10-12,14-15H,2-6,8-9H2,1H3,(H,19,22). The van der Waals surface area contributed by atoms with Crippen LogP contribution in [-0.4, -0.2) is 38.9 Å². The summed E-state index contributed by atoms with van der Waals surface area (Å²) in [6.45, 7) is 3.14. The lowest BCUT2D eigenvalue weighted by Gasteiger charge is -2.34. The molecule has 3 atom stereocenters. The molecular weight excluding hydrogens is 292 g/mol. The largest absolute Gasteiger partial charge is 0.352 e. The molecule has 2 fully saturated rings. The normalized spacial score (nSPS) is 30.1. The van der Waals surface area contributed by atoms with E-state index in [0.29, 0.717) is 25.0 Å². The number of amides is 2. The van der Waals surface area contributed by atoms with Gasteiger partial charge in [-0.25, -0.2) is 4.98 Å². The molecule has 2 amide bonds. The Bertz CT molecular complexity index is 620. The summed E-state index contributed by atoms with van der Waals surface area (Å²) in [5.41, 5.74) is 0.949. The maximum absolute atomic E-state index is 12.7. The second-order valence-electron chi connectivity index (χ2n) is 7.34. The number of aromatic nitrogens is 2. The number of rotatable bonds is 3. The molecule has 2 heterocycles. The Balaban J connectivity index is 1.51. The third-order valence-electron chi connectivity index (χ3n) is 5.57. The Morgan fingerprint density at radius 3 is 2.74 bits per heavy atom. The average Bonchev–Trinajstić information content (AvgIpc) is 2.98. The highest BCUT2D eigenvalue weighted by molar-refractivity contribution is 5.85. The van der Waals surface area contributed by atoms with Gasteiger partial charge in [0.2, 0.25) is 11.8 Å². The number of hydrogen-bond donors (Lipinski definition) is 1. The molecule has 23 heavy (non-hydrogen) atoms. The molecule has 124 valence electrons. The van der Waals surface area contributed by atoms with Crippen LogP contribution in [0.1, 0.15) is 50.8 Å². The van der Waals surface area contributed by atoms with Crippen molar-refractivity contribution in [3.63, 3.8) is 0 Å². The van der Waals surface area contributed by atoms with Gasteiger partial charge >= 0.3 is 0 Å². The fraction of sp³-hybridized carbons (Fsp3) is 0.706. The van der Waals surface area contributed by atoms with Crippen molar-refractivity contribution >= 4 is 11.8 Å². The zero-order chi connectivity index (χ0) is 16.0. The van der Waals surface area contributed by atoms with E-state index < -0.39 is 0 Å². The van der Waals surface area contributed by atoms with Gasteiger partial charge in [-0.05, 0) is 25.2 Å². The molecule has 1 aromatic heterocycles. The number of carbonyl (C=O) groups excluding carboxylic acids is 2. The average molecular weight is 316 g/mol. The van der Waals surface area contributed by atoms with Crippen LogP contribution in [0.15, 0.2) is 12.5 Å². The van der Waals surface area contributed by atoms with E-state index in [2.05, 4.69) is 17.2 Å². The molecule has 3 unspecified atom stereocenters. The van der Waals surface area contributed by atoms with Gasteiger partial charge in [-0.15, -0.1) is 0 Å². The first-order valence-electron chi connectivity index (χ1n) is 8.73. The smallest absolute Gasteiger partial charge is 0.245 e. The first-order valence-corrected chi connectivity index (χ1v) is 8.73. The maximum atomic E-state index is 12.7. The molecule has 2 saturated carbocycles. The van der Waals surface area contributed by atoms with E-state index in [-0.39, 0.29) is 23.8 Å². The van der Waals surface area contributed by atoms with Crippen LogP contribution in [0.3, 0.4) is 0 Å². The van der Waals surface area contributed by atoms with Crippen LogP contribution in [-0.2, 0) is 16.1 Å². The fourth-order valence-corrected chi connectivity index (χ4v) is 3.94. The van der Waals surface area contributed by atoms with E-state index in [0.717, 1.165) is 25.0 Å². The molecule has 6 nitrogen and oxygen atoms in total. The summed E-state index contributed by atoms with van der Waals surface area (Å²) in [6, 6.07) is -0.0520. The van der Waals surface area contributed by atoms with Crippen LogP contribution in [0.4, 0.5) is 0 Å². The number of imidazole rings is 1. The van der Waals surface area contributed by atoms with Crippen LogP contribution in [0.5, 0.6) is 0 Å². The van der Waals surface area contributed by atoms with Gasteiger partial charge < -0.3 is 14.8 Å². The van der Waals surface area contributed by atoms with Gasteiger partial charge in [-0.1, -0.05) is 19.8 Å². The third kappa shape index (κ3) is 2.75. The van der Waals surface area contributed by atoms with E-state index in [1.165, 1.54) is 12.8 Å². The van der Waals surface area contributed by atoms with Gasteiger partial charge in [0, 0.05) is 18.2 Å². The highest BCUT2D eigenvalue weighted by Gasteiger charge is 2.44. The van der Waals surface area contributed by atoms with E-state index >= 15 is 0 Å². The molecule has 0 saturated heterocycles. The molecule has 1 aliphatic heterocycles. The summed E-state index contributed by atoms with van der Waals surface area (Å²) in [7, 11) is 0. The maximum Gasteiger partial charge on any atom is 0.245 e. The minimum Gasteiger partial charge on any atom is -0.352 e. The minimum atomic E-state index is -0.347. The SMILES string of the molecule is CC1CC1C(=O)N1Cc2cncn2C(C(=O)NC2CCCC2)C1. The topological polar surface area (TPSA) is 67.2 Å². The van der Waals surface area contributed by atoms with Crippen LogP contribution < -0.4 is 5.32 Å². The van der Waals surface area contributed by atoms with Gasteiger partial charge in [0.05, 0.1) is 25.1 Å². The van der Waals surface area contributed by atoms with Crippen molar-refractivity contribution < 1.29 is 9.59 Å². The van der Waals surface area contributed by atoms with E-state index in [4.69, 9.17) is 0 Å². The van der Waals surface area contributed by atoms with Gasteiger partial charge in [0.25, 0.3) is 0 Å². The van der Waals surface area contributed by atoms with E-state index in [1.807, 2.05) is 9.47 Å². The third-order valence-corrected chi connectivity index (χ3v) is 5.57. The molecule has 1 N–H and O–H groups in total. The van der Waals surface area contributed by atoms with Gasteiger partial charge in [-0.2, -0.15) is 0 Å². The second-order valence-corrected chi connectivity index (χ2v) is 7.34. The Morgan fingerprint density at radius 2 is 2.04 bits per heavy atom. The predicted molar refractivity (Wildman–Crippen MR) is 84.4 cm³/mol. The monoisotopic (exact) mass is 316 g/mol. The Hall–Kier alpha value is -1.85. The van der Waals surface area contributed by atoms with Crippen molar-refractivity contribution in [2.45, 2.75) is 57.7 Å². The minimum absolute atomic E-state index is 0.0255. The van der Waals surface area contributed by atoms with Crippen LogP contribution in [0, 0.1) is 11.8 Å². The molecular formula is C17H24N4O2. The molecule has 2 aliphatic carbocycles. The van der Waals surface area contributed by atoms with Crippen molar-refractivity contribution in [3.8, 4) is 0 Å². The number of nitrogens with zero attached hydrogens (tertiary/aromatic N) is 3. The number of carbonyl (C=O) groups is 2. The van der Waals surface area contributed by atoms with Crippen LogP contribution in [0.2, 0.25) is 0 Å². The number of fused-ring (bicyclic) bond motifs is 1. The summed E-state index contributed by atoms with van der Waals surface area (Å²) in [5, 5.41) is 3.17. The number of hydrogen-bond acceptors (Lipinski definition) is 3. The van der Waals surface area contributed by atoms with Crippen molar-refractivity contribution in [2.24, 2.45) is 11.8 Å². The summed E-state index contributed by atoms with van der Waals surface area (Å²) in [4.78, 5) is 31.3. The van der Waals surface area contributed by atoms with Crippen LogP contribution >= 0.6 is 0 Å². The first-order chi connectivity index (χ1) is 11.1. The molecule has 0 bridgehead atoms. The summed E-state index contributed by atoms with van der Waals surface area (Å²) >= 11 is 0. The highest BCUT2D eigenvalue weighted by Crippen LogP contribution is 2.40. The summed E-state index contributed by atoms with van der Waals surface area (Å²) < 4.78 is 1.93. The Labute approximate surface area is 136 Å². The zero-order valence-electron chi connectivity index (χ0n) is 13.6. The first kappa shape index (κ1) is 14.7. The molecule has 0 spiro atoms. The van der Waals surface area contributed by atoms with Crippen molar-refractivity contribution in [1.82, 2.24) is 19.8 Å². The van der Waals surface area contributed by atoms with E-state index in [1.54, 1.807) is 12.5 Å².